The third-order valence-electron chi connectivity index (χ3n) is 3.93. The number of likely N-dealkylation sites (tertiary alicyclic amines) is 1. The molecule has 4 nitrogen and oxygen atoms in total. The van der Waals surface area contributed by atoms with Gasteiger partial charge in [0.15, 0.2) is 0 Å². The molecule has 0 aliphatic carbocycles. The van der Waals surface area contributed by atoms with E-state index in [-0.39, 0.29) is 5.91 Å². The van der Waals surface area contributed by atoms with Gasteiger partial charge in [0.25, 0.3) is 5.91 Å². The molecule has 2 heterocycles. The molecule has 20 heavy (non-hydrogen) atoms. The maximum atomic E-state index is 12.5. The maximum absolute atomic E-state index is 12.5. The summed E-state index contributed by atoms with van der Waals surface area (Å²) in [7, 11) is 0. The van der Waals surface area contributed by atoms with Crippen molar-refractivity contribution in [3.8, 4) is 0 Å². The van der Waals surface area contributed by atoms with Crippen LogP contribution in [0.4, 0.5) is 0 Å². The van der Waals surface area contributed by atoms with E-state index in [2.05, 4.69) is 4.98 Å². The van der Waals surface area contributed by atoms with Gasteiger partial charge >= 0.3 is 0 Å². The van der Waals surface area contributed by atoms with E-state index in [1.165, 1.54) is 0 Å². The van der Waals surface area contributed by atoms with Gasteiger partial charge in [0, 0.05) is 37.0 Å². The number of hydrogen-bond acceptors (Lipinski definition) is 2. The number of hydrogen-bond donors (Lipinski definition) is 1. The summed E-state index contributed by atoms with van der Waals surface area (Å²) < 4.78 is 5.62. The smallest absolute Gasteiger partial charge is 0.253 e. The van der Waals surface area contributed by atoms with Crippen LogP contribution < -0.4 is 0 Å². The van der Waals surface area contributed by atoms with Crippen LogP contribution in [-0.4, -0.2) is 41.6 Å². The van der Waals surface area contributed by atoms with Crippen LogP contribution in [0.2, 0.25) is 0 Å². The first-order valence-corrected chi connectivity index (χ1v) is 7.26. The number of rotatable bonds is 3. The van der Waals surface area contributed by atoms with Gasteiger partial charge in [-0.05, 0) is 43.4 Å². The fourth-order valence-corrected chi connectivity index (χ4v) is 2.82. The van der Waals surface area contributed by atoms with Crippen molar-refractivity contribution in [1.29, 1.82) is 0 Å². The molecule has 106 valence electrons. The molecule has 1 N–H and O–H groups in total. The zero-order valence-electron chi connectivity index (χ0n) is 11.8. The van der Waals surface area contributed by atoms with E-state index in [4.69, 9.17) is 4.74 Å². The SMILES string of the molecule is CCOC1CCN(C(=O)c2ccc3cc[nH]c3c2)CC1. The number of ether oxygens (including phenoxy) is 1. The zero-order valence-corrected chi connectivity index (χ0v) is 11.8. The van der Waals surface area contributed by atoms with E-state index in [1.807, 2.05) is 42.3 Å². The van der Waals surface area contributed by atoms with Crippen LogP contribution in [0.5, 0.6) is 0 Å². The molecule has 1 aliphatic heterocycles. The standard InChI is InChI=1S/C16H20N2O2/c1-2-20-14-6-9-18(10-7-14)16(19)13-4-3-12-5-8-17-15(12)11-13/h3-5,8,11,14,17H,2,6-7,9-10H2,1H3. The Bertz CT molecular complexity index is 597. The highest BCUT2D eigenvalue weighted by molar-refractivity contribution is 5.97. The number of amides is 1. The molecular weight excluding hydrogens is 252 g/mol. The minimum atomic E-state index is 0.122. The van der Waals surface area contributed by atoms with Crippen LogP contribution in [0.1, 0.15) is 30.1 Å². The van der Waals surface area contributed by atoms with Crippen molar-refractivity contribution >= 4 is 16.8 Å². The van der Waals surface area contributed by atoms with Gasteiger partial charge in [-0.2, -0.15) is 0 Å². The molecule has 1 aromatic heterocycles. The minimum Gasteiger partial charge on any atom is -0.378 e. The fraction of sp³-hybridized carbons (Fsp3) is 0.438. The predicted octanol–water partition coefficient (Wildman–Crippen LogP) is 2.81. The van der Waals surface area contributed by atoms with Gasteiger partial charge in [-0.15, -0.1) is 0 Å². The largest absolute Gasteiger partial charge is 0.378 e. The summed E-state index contributed by atoms with van der Waals surface area (Å²) in [6, 6.07) is 7.85. The first-order chi connectivity index (χ1) is 9.78. The Labute approximate surface area is 118 Å². The van der Waals surface area contributed by atoms with Crippen molar-refractivity contribution in [3.63, 3.8) is 0 Å². The van der Waals surface area contributed by atoms with Crippen LogP contribution in [0.25, 0.3) is 10.9 Å². The molecule has 2 aromatic rings. The second-order valence-electron chi connectivity index (χ2n) is 5.23. The zero-order chi connectivity index (χ0) is 13.9. The quantitative estimate of drug-likeness (QED) is 0.933. The number of H-pyrrole nitrogens is 1. The highest BCUT2D eigenvalue weighted by Crippen LogP contribution is 2.19. The second kappa shape index (κ2) is 5.67. The first-order valence-electron chi connectivity index (χ1n) is 7.26. The molecule has 0 unspecified atom stereocenters. The van der Waals surface area contributed by atoms with Gasteiger partial charge in [0.2, 0.25) is 0 Å². The third kappa shape index (κ3) is 2.56. The van der Waals surface area contributed by atoms with E-state index in [0.717, 1.165) is 49.0 Å². The summed E-state index contributed by atoms with van der Waals surface area (Å²) in [5.41, 5.74) is 1.77. The van der Waals surface area contributed by atoms with E-state index in [0.29, 0.717) is 6.10 Å². The van der Waals surface area contributed by atoms with Gasteiger partial charge in [0.1, 0.15) is 0 Å². The van der Waals surface area contributed by atoms with Gasteiger partial charge in [-0.3, -0.25) is 4.79 Å². The van der Waals surface area contributed by atoms with Crippen LogP contribution in [0.3, 0.4) is 0 Å². The lowest BCUT2D eigenvalue weighted by Crippen LogP contribution is -2.40. The van der Waals surface area contributed by atoms with Crippen molar-refractivity contribution in [2.24, 2.45) is 0 Å². The number of aromatic amines is 1. The van der Waals surface area contributed by atoms with Gasteiger partial charge in [-0.1, -0.05) is 6.07 Å². The summed E-state index contributed by atoms with van der Waals surface area (Å²) in [5, 5.41) is 1.14. The van der Waals surface area contributed by atoms with Gasteiger partial charge in [-0.25, -0.2) is 0 Å². The van der Waals surface area contributed by atoms with Crippen molar-refractivity contribution in [3.05, 3.63) is 36.0 Å². The lowest BCUT2D eigenvalue weighted by Gasteiger charge is -2.31. The monoisotopic (exact) mass is 272 g/mol. The average Bonchev–Trinajstić information content (AvgIpc) is 2.95. The van der Waals surface area contributed by atoms with E-state index >= 15 is 0 Å². The summed E-state index contributed by atoms with van der Waals surface area (Å²) in [6.07, 6.45) is 4.08. The number of nitrogens with zero attached hydrogens (tertiary/aromatic N) is 1. The molecule has 1 aliphatic rings. The maximum Gasteiger partial charge on any atom is 0.253 e. The number of aromatic nitrogens is 1. The number of nitrogens with one attached hydrogen (secondary N) is 1. The Kier molecular flexibility index (Phi) is 3.74. The van der Waals surface area contributed by atoms with E-state index in [1.54, 1.807) is 0 Å². The van der Waals surface area contributed by atoms with E-state index in [9.17, 15) is 4.79 Å². The molecule has 3 rings (SSSR count). The number of piperidine rings is 1. The Morgan fingerprint density at radius 1 is 1.35 bits per heavy atom. The molecule has 4 heteroatoms. The lowest BCUT2D eigenvalue weighted by atomic mass is 10.1. The molecule has 0 radical (unpaired) electrons. The Balaban J connectivity index is 1.69. The molecular formula is C16H20N2O2. The van der Waals surface area contributed by atoms with Crippen LogP contribution >= 0.6 is 0 Å². The fourth-order valence-electron chi connectivity index (χ4n) is 2.82. The number of benzene rings is 1. The molecule has 1 amide bonds. The number of fused-ring (bicyclic) bond motifs is 1. The van der Waals surface area contributed by atoms with Crippen molar-refractivity contribution < 1.29 is 9.53 Å². The third-order valence-corrected chi connectivity index (χ3v) is 3.93. The van der Waals surface area contributed by atoms with Crippen molar-refractivity contribution in [1.82, 2.24) is 9.88 Å². The molecule has 0 spiro atoms. The molecule has 0 saturated carbocycles. The van der Waals surface area contributed by atoms with Gasteiger partial charge < -0.3 is 14.6 Å². The Hall–Kier alpha value is -1.81. The van der Waals surface area contributed by atoms with Crippen molar-refractivity contribution in [2.45, 2.75) is 25.9 Å². The lowest BCUT2D eigenvalue weighted by molar-refractivity contribution is 0.0146. The molecule has 0 atom stereocenters. The Morgan fingerprint density at radius 3 is 2.90 bits per heavy atom. The number of carbonyl (C=O) groups excluding carboxylic acids is 1. The summed E-state index contributed by atoms with van der Waals surface area (Å²) in [4.78, 5) is 17.6. The second-order valence-corrected chi connectivity index (χ2v) is 5.23. The highest BCUT2D eigenvalue weighted by Gasteiger charge is 2.23. The van der Waals surface area contributed by atoms with Gasteiger partial charge in [0.05, 0.1) is 6.10 Å². The van der Waals surface area contributed by atoms with Crippen LogP contribution in [0.15, 0.2) is 30.5 Å². The molecule has 1 saturated heterocycles. The molecule has 0 bridgehead atoms. The van der Waals surface area contributed by atoms with Crippen LogP contribution in [0, 0.1) is 0 Å². The van der Waals surface area contributed by atoms with Crippen LogP contribution in [-0.2, 0) is 4.74 Å². The topological polar surface area (TPSA) is 45.3 Å². The van der Waals surface area contributed by atoms with E-state index < -0.39 is 0 Å². The Morgan fingerprint density at radius 2 is 2.15 bits per heavy atom. The van der Waals surface area contributed by atoms with Crippen molar-refractivity contribution in [2.75, 3.05) is 19.7 Å². The highest BCUT2D eigenvalue weighted by atomic mass is 16.5. The summed E-state index contributed by atoms with van der Waals surface area (Å²) in [6.45, 7) is 4.34. The molecule has 1 fully saturated rings. The summed E-state index contributed by atoms with van der Waals surface area (Å²) in [5.74, 6) is 0.122. The minimum absolute atomic E-state index is 0.122. The average molecular weight is 272 g/mol. The summed E-state index contributed by atoms with van der Waals surface area (Å²) >= 11 is 0. The number of carbonyl (C=O) groups is 1. The predicted molar refractivity (Wildman–Crippen MR) is 78.9 cm³/mol. The first kappa shape index (κ1) is 13.2. The normalized spacial score (nSPS) is 16.8. The molecule has 1 aromatic carbocycles.